The quantitative estimate of drug-likeness (QED) is 0.451. The third kappa shape index (κ3) is 3.04. The van der Waals surface area contributed by atoms with Gasteiger partial charge in [0.2, 0.25) is 0 Å². The SMILES string of the molecule is O=P(O)(O)c1cn2cc(CCC(O)c3nnn[nH]3)ccc2n1. The Hall–Kier alpha value is -2.13. The van der Waals surface area contributed by atoms with Gasteiger partial charge in [-0.05, 0) is 34.9 Å². The fourth-order valence-corrected chi connectivity index (χ4v) is 2.57. The van der Waals surface area contributed by atoms with Crippen LogP contribution < -0.4 is 5.44 Å². The van der Waals surface area contributed by atoms with Crippen LogP contribution in [0.3, 0.4) is 0 Å². The van der Waals surface area contributed by atoms with Gasteiger partial charge in [0.25, 0.3) is 0 Å². The molecule has 0 fully saturated rings. The molecule has 0 amide bonds. The lowest BCUT2D eigenvalue weighted by molar-refractivity contribution is 0.158. The van der Waals surface area contributed by atoms with Crippen LogP contribution in [-0.2, 0) is 11.0 Å². The summed E-state index contributed by atoms with van der Waals surface area (Å²) in [6, 6.07) is 3.45. The van der Waals surface area contributed by atoms with E-state index in [0.29, 0.717) is 24.3 Å². The van der Waals surface area contributed by atoms with Gasteiger partial charge in [-0.3, -0.25) is 4.57 Å². The highest BCUT2D eigenvalue weighted by molar-refractivity contribution is 7.60. The number of H-pyrrole nitrogens is 1. The van der Waals surface area contributed by atoms with Gasteiger partial charge >= 0.3 is 7.60 Å². The molecule has 3 heterocycles. The van der Waals surface area contributed by atoms with E-state index < -0.39 is 13.7 Å². The zero-order chi connectivity index (χ0) is 15.7. The number of aryl methyl sites for hydroxylation is 1. The number of aliphatic hydroxyl groups excluding tert-OH is 1. The number of aliphatic hydroxyl groups is 1. The molecule has 0 spiro atoms. The minimum atomic E-state index is -4.37. The van der Waals surface area contributed by atoms with Gasteiger partial charge in [0.15, 0.2) is 11.3 Å². The highest BCUT2D eigenvalue weighted by Gasteiger charge is 2.21. The van der Waals surface area contributed by atoms with Crippen LogP contribution in [0, 0.1) is 0 Å². The van der Waals surface area contributed by atoms with Gasteiger partial charge < -0.3 is 19.3 Å². The molecule has 0 aliphatic carbocycles. The molecular formula is C11H13N6O4P. The minimum absolute atomic E-state index is 0.266. The molecule has 0 aliphatic rings. The van der Waals surface area contributed by atoms with Crippen LogP contribution in [0.2, 0.25) is 0 Å². The van der Waals surface area contributed by atoms with Crippen LogP contribution >= 0.6 is 7.60 Å². The minimum Gasteiger partial charge on any atom is -0.385 e. The van der Waals surface area contributed by atoms with E-state index >= 15 is 0 Å². The number of nitrogens with zero attached hydrogens (tertiary/aromatic N) is 5. The van der Waals surface area contributed by atoms with Crippen molar-refractivity contribution in [3.8, 4) is 0 Å². The Bertz CT molecular complexity index is 826. The Kier molecular flexibility index (Phi) is 3.75. The topological polar surface area (TPSA) is 150 Å². The molecule has 1 atom stereocenters. The van der Waals surface area contributed by atoms with Crippen LogP contribution in [0.25, 0.3) is 5.65 Å². The monoisotopic (exact) mass is 324 g/mol. The van der Waals surface area contributed by atoms with Crippen molar-refractivity contribution in [1.29, 1.82) is 0 Å². The molecule has 0 saturated carbocycles. The number of imidazole rings is 1. The number of tetrazole rings is 1. The van der Waals surface area contributed by atoms with Crippen molar-refractivity contribution in [2.75, 3.05) is 0 Å². The maximum absolute atomic E-state index is 11.2. The number of hydrogen-bond donors (Lipinski definition) is 4. The molecular weight excluding hydrogens is 311 g/mol. The lowest BCUT2D eigenvalue weighted by atomic mass is 10.1. The molecule has 11 heteroatoms. The zero-order valence-electron chi connectivity index (χ0n) is 11.2. The molecule has 3 aromatic heterocycles. The normalized spacial score (nSPS) is 13.6. The first-order valence-corrected chi connectivity index (χ1v) is 8.00. The fourth-order valence-electron chi connectivity index (χ4n) is 2.06. The molecule has 10 nitrogen and oxygen atoms in total. The highest BCUT2D eigenvalue weighted by atomic mass is 31.2. The predicted octanol–water partition coefficient (Wildman–Crippen LogP) is -0.683. The van der Waals surface area contributed by atoms with Gasteiger partial charge in [-0.1, -0.05) is 6.07 Å². The Morgan fingerprint density at radius 3 is 2.82 bits per heavy atom. The van der Waals surface area contributed by atoms with Crippen molar-refractivity contribution in [3.05, 3.63) is 35.9 Å². The van der Waals surface area contributed by atoms with E-state index in [2.05, 4.69) is 25.6 Å². The van der Waals surface area contributed by atoms with Gasteiger partial charge in [0, 0.05) is 12.4 Å². The fraction of sp³-hybridized carbons (Fsp3) is 0.273. The molecule has 3 rings (SSSR count). The lowest BCUT2D eigenvalue weighted by Crippen LogP contribution is -2.03. The standard InChI is InChI=1S/C11H13N6O4P/c18-8(11-13-15-16-14-11)3-1-7-2-4-9-12-10(22(19,20)21)6-17(9)5-7/h2,4-6,8,18H,1,3H2,(H2,19,20,21)(H,13,14,15,16). The summed E-state index contributed by atoms with van der Waals surface area (Å²) < 4.78 is 12.7. The summed E-state index contributed by atoms with van der Waals surface area (Å²) in [6.07, 6.45) is 3.16. The first-order valence-electron chi connectivity index (χ1n) is 6.39. The third-order valence-corrected chi connectivity index (χ3v) is 3.99. The average Bonchev–Trinajstić information content (AvgIpc) is 3.12. The number of pyridine rings is 1. The van der Waals surface area contributed by atoms with Crippen LogP contribution in [0.5, 0.6) is 0 Å². The maximum Gasteiger partial charge on any atom is 0.376 e. The van der Waals surface area contributed by atoms with E-state index in [9.17, 15) is 9.67 Å². The first kappa shape index (κ1) is 14.8. The van der Waals surface area contributed by atoms with Gasteiger partial charge in [-0.25, -0.2) is 10.1 Å². The molecule has 0 saturated heterocycles. The summed E-state index contributed by atoms with van der Waals surface area (Å²) in [5.74, 6) is 0.299. The molecule has 0 aromatic carbocycles. The van der Waals surface area contributed by atoms with Crippen molar-refractivity contribution >= 4 is 18.7 Å². The molecule has 0 bridgehead atoms. The van der Waals surface area contributed by atoms with E-state index in [1.165, 1.54) is 6.20 Å². The lowest BCUT2D eigenvalue weighted by Gasteiger charge is -2.06. The summed E-state index contributed by atoms with van der Waals surface area (Å²) in [7, 11) is -4.37. The summed E-state index contributed by atoms with van der Waals surface area (Å²) in [5.41, 5.74) is 1.06. The second-order valence-corrected chi connectivity index (χ2v) is 6.33. The predicted molar refractivity (Wildman–Crippen MR) is 74.3 cm³/mol. The van der Waals surface area contributed by atoms with Gasteiger partial charge in [0.1, 0.15) is 11.8 Å². The first-order chi connectivity index (χ1) is 10.4. The molecule has 4 N–H and O–H groups in total. The summed E-state index contributed by atoms with van der Waals surface area (Å²) in [4.78, 5) is 22.1. The van der Waals surface area contributed by atoms with E-state index in [4.69, 9.17) is 9.79 Å². The number of aromatic amines is 1. The molecule has 1 unspecified atom stereocenters. The molecule has 0 aliphatic heterocycles. The van der Waals surface area contributed by atoms with Gasteiger partial charge in [-0.15, -0.1) is 5.10 Å². The van der Waals surface area contributed by atoms with E-state index in [1.54, 1.807) is 22.7 Å². The molecule has 3 aromatic rings. The Morgan fingerprint density at radius 1 is 1.32 bits per heavy atom. The molecule has 116 valence electrons. The summed E-state index contributed by atoms with van der Waals surface area (Å²) in [6.45, 7) is 0. The smallest absolute Gasteiger partial charge is 0.376 e. The van der Waals surface area contributed by atoms with Crippen molar-refractivity contribution < 1.29 is 19.5 Å². The second kappa shape index (κ2) is 5.58. The van der Waals surface area contributed by atoms with Crippen molar-refractivity contribution in [2.45, 2.75) is 18.9 Å². The van der Waals surface area contributed by atoms with Crippen LogP contribution in [-0.4, -0.2) is 44.9 Å². The average molecular weight is 324 g/mol. The summed E-state index contributed by atoms with van der Waals surface area (Å²) in [5, 5.41) is 22.8. The van der Waals surface area contributed by atoms with E-state index in [1.807, 2.05) is 0 Å². The third-order valence-electron chi connectivity index (χ3n) is 3.18. The number of fused-ring (bicyclic) bond motifs is 1. The van der Waals surface area contributed by atoms with Crippen molar-refractivity contribution in [1.82, 2.24) is 30.0 Å². The largest absolute Gasteiger partial charge is 0.385 e. The number of rotatable bonds is 5. The maximum atomic E-state index is 11.2. The van der Waals surface area contributed by atoms with Gasteiger partial charge in [0.05, 0.1) is 0 Å². The summed E-state index contributed by atoms with van der Waals surface area (Å²) >= 11 is 0. The second-order valence-electron chi connectivity index (χ2n) is 4.79. The van der Waals surface area contributed by atoms with Crippen LogP contribution in [0.15, 0.2) is 24.5 Å². The Morgan fingerprint density at radius 2 is 2.14 bits per heavy atom. The number of hydrogen-bond acceptors (Lipinski definition) is 6. The Labute approximate surface area is 124 Å². The van der Waals surface area contributed by atoms with E-state index in [-0.39, 0.29) is 5.44 Å². The van der Waals surface area contributed by atoms with Crippen LogP contribution in [0.1, 0.15) is 23.9 Å². The van der Waals surface area contributed by atoms with Crippen molar-refractivity contribution in [3.63, 3.8) is 0 Å². The highest BCUT2D eigenvalue weighted by Crippen LogP contribution is 2.32. The number of nitrogens with one attached hydrogen (secondary N) is 1. The van der Waals surface area contributed by atoms with Crippen molar-refractivity contribution in [2.24, 2.45) is 0 Å². The van der Waals surface area contributed by atoms with E-state index in [0.717, 1.165) is 5.56 Å². The van der Waals surface area contributed by atoms with Crippen LogP contribution in [0.4, 0.5) is 0 Å². The number of aromatic nitrogens is 6. The molecule has 22 heavy (non-hydrogen) atoms. The zero-order valence-corrected chi connectivity index (χ0v) is 12.1. The van der Waals surface area contributed by atoms with Gasteiger partial charge in [-0.2, -0.15) is 0 Å². The Balaban J connectivity index is 1.76. The molecule has 0 radical (unpaired) electrons.